The molecule has 3 rings (SSSR count). The first-order valence-corrected chi connectivity index (χ1v) is 10.5. The average molecular weight is 365 g/mol. The molecule has 1 saturated heterocycles. The van der Waals surface area contributed by atoms with Gasteiger partial charge in [0.25, 0.3) is 0 Å². The monoisotopic (exact) mass is 365 g/mol. The van der Waals surface area contributed by atoms with Gasteiger partial charge in [0.1, 0.15) is 0 Å². The van der Waals surface area contributed by atoms with Gasteiger partial charge in [-0.15, -0.1) is 0 Å². The second-order valence-corrected chi connectivity index (χ2v) is 8.78. The normalized spacial score (nSPS) is 19.7. The number of fused-ring (bicyclic) bond motifs is 1. The molecule has 0 bridgehead atoms. The van der Waals surface area contributed by atoms with Gasteiger partial charge in [-0.05, 0) is 63.0 Å². The summed E-state index contributed by atoms with van der Waals surface area (Å²) < 4.78 is 28.0. The molecule has 138 valence electrons. The third-order valence-corrected chi connectivity index (χ3v) is 6.64. The molecule has 1 aromatic carbocycles. The van der Waals surface area contributed by atoms with Crippen molar-refractivity contribution in [1.29, 1.82) is 0 Å². The molecule has 0 aromatic heterocycles. The van der Waals surface area contributed by atoms with Gasteiger partial charge in [-0.1, -0.05) is 6.42 Å². The van der Waals surface area contributed by atoms with Crippen LogP contribution in [-0.2, 0) is 21.2 Å². The van der Waals surface area contributed by atoms with Gasteiger partial charge < -0.3 is 4.90 Å². The fourth-order valence-electron chi connectivity index (χ4n) is 3.67. The van der Waals surface area contributed by atoms with E-state index in [1.165, 1.54) is 26.2 Å². The minimum absolute atomic E-state index is 0.0113. The predicted octanol–water partition coefficient (Wildman–Crippen LogP) is 1.75. The van der Waals surface area contributed by atoms with E-state index in [9.17, 15) is 13.2 Å². The SMILES string of the molecule is CC(=O)N1CCc2cc(S(=O)(=O)NCC(C)N3CCCCC3)ccc21. The number of nitrogens with one attached hydrogen (secondary N) is 1. The molecule has 25 heavy (non-hydrogen) atoms. The van der Waals surface area contributed by atoms with E-state index >= 15 is 0 Å². The smallest absolute Gasteiger partial charge is 0.240 e. The largest absolute Gasteiger partial charge is 0.312 e. The van der Waals surface area contributed by atoms with Crippen molar-refractivity contribution in [3.63, 3.8) is 0 Å². The van der Waals surface area contributed by atoms with Crippen LogP contribution in [0.15, 0.2) is 23.1 Å². The van der Waals surface area contributed by atoms with E-state index in [4.69, 9.17) is 0 Å². The number of likely N-dealkylation sites (tertiary alicyclic amines) is 1. The highest BCUT2D eigenvalue weighted by atomic mass is 32.2. The van der Waals surface area contributed by atoms with Crippen molar-refractivity contribution in [2.24, 2.45) is 0 Å². The average Bonchev–Trinajstić information content (AvgIpc) is 3.04. The molecule has 0 spiro atoms. The van der Waals surface area contributed by atoms with Crippen molar-refractivity contribution in [2.75, 3.05) is 31.1 Å². The maximum atomic E-state index is 12.6. The Kier molecular flexibility index (Phi) is 5.46. The van der Waals surface area contributed by atoms with E-state index < -0.39 is 10.0 Å². The first-order chi connectivity index (χ1) is 11.9. The van der Waals surface area contributed by atoms with Crippen LogP contribution in [0.2, 0.25) is 0 Å². The number of piperidine rings is 1. The summed E-state index contributed by atoms with van der Waals surface area (Å²) in [6.07, 6.45) is 4.34. The highest BCUT2D eigenvalue weighted by molar-refractivity contribution is 7.89. The zero-order chi connectivity index (χ0) is 18.0. The molecule has 1 N–H and O–H groups in total. The highest BCUT2D eigenvalue weighted by Gasteiger charge is 2.25. The van der Waals surface area contributed by atoms with Crippen LogP contribution < -0.4 is 9.62 Å². The Labute approximate surface area is 150 Å². The lowest BCUT2D eigenvalue weighted by Gasteiger charge is -2.32. The van der Waals surface area contributed by atoms with Gasteiger partial charge in [0.05, 0.1) is 4.90 Å². The molecule has 0 saturated carbocycles. The molecule has 2 aliphatic heterocycles. The van der Waals surface area contributed by atoms with Crippen LogP contribution in [0, 0.1) is 0 Å². The van der Waals surface area contributed by atoms with Gasteiger partial charge in [0, 0.05) is 31.7 Å². The van der Waals surface area contributed by atoms with Crippen molar-refractivity contribution in [3.8, 4) is 0 Å². The Morgan fingerprint density at radius 2 is 1.92 bits per heavy atom. The van der Waals surface area contributed by atoms with Crippen LogP contribution in [0.25, 0.3) is 0 Å². The zero-order valence-corrected chi connectivity index (χ0v) is 15.8. The van der Waals surface area contributed by atoms with E-state index in [0.717, 1.165) is 24.3 Å². The second kappa shape index (κ2) is 7.43. The quantitative estimate of drug-likeness (QED) is 0.863. The summed E-state index contributed by atoms with van der Waals surface area (Å²) in [4.78, 5) is 15.9. The van der Waals surface area contributed by atoms with Gasteiger partial charge in [0.15, 0.2) is 0 Å². The molecule has 0 radical (unpaired) electrons. The summed E-state index contributed by atoms with van der Waals surface area (Å²) in [5.41, 5.74) is 1.75. The Hall–Kier alpha value is -1.44. The van der Waals surface area contributed by atoms with E-state index in [2.05, 4.69) is 16.5 Å². The number of anilines is 1. The molecule has 6 nitrogen and oxygen atoms in total. The molecule has 1 atom stereocenters. The number of carbonyl (C=O) groups is 1. The summed E-state index contributed by atoms with van der Waals surface area (Å²) >= 11 is 0. The molecule has 1 amide bonds. The Balaban J connectivity index is 1.67. The highest BCUT2D eigenvalue weighted by Crippen LogP contribution is 2.30. The molecule has 1 fully saturated rings. The van der Waals surface area contributed by atoms with Crippen LogP contribution in [0.5, 0.6) is 0 Å². The standard InChI is InChI=1S/C18H27N3O3S/c1-14(20-9-4-3-5-10-20)13-19-25(23,24)17-6-7-18-16(12-17)8-11-21(18)15(2)22/h6-7,12,14,19H,3-5,8-11,13H2,1-2H3. The molecule has 7 heteroatoms. The molecule has 1 unspecified atom stereocenters. The minimum Gasteiger partial charge on any atom is -0.312 e. The number of benzene rings is 1. The van der Waals surface area contributed by atoms with Crippen molar-refractivity contribution in [1.82, 2.24) is 9.62 Å². The number of hydrogen-bond acceptors (Lipinski definition) is 4. The van der Waals surface area contributed by atoms with Crippen LogP contribution in [0.3, 0.4) is 0 Å². The van der Waals surface area contributed by atoms with Crippen molar-refractivity contribution in [3.05, 3.63) is 23.8 Å². The first-order valence-electron chi connectivity index (χ1n) is 9.03. The number of amides is 1. The first kappa shape index (κ1) is 18.4. The fourth-order valence-corrected chi connectivity index (χ4v) is 4.85. The van der Waals surface area contributed by atoms with Gasteiger partial charge in [-0.3, -0.25) is 9.69 Å². The molecule has 2 heterocycles. The van der Waals surface area contributed by atoms with Crippen molar-refractivity contribution < 1.29 is 13.2 Å². The van der Waals surface area contributed by atoms with Gasteiger partial charge in [0.2, 0.25) is 15.9 Å². The maximum Gasteiger partial charge on any atom is 0.240 e. The summed E-state index contributed by atoms with van der Waals surface area (Å²) in [6.45, 7) is 6.72. The Morgan fingerprint density at radius 1 is 1.20 bits per heavy atom. The number of nitrogens with zero attached hydrogens (tertiary/aromatic N) is 2. The second-order valence-electron chi connectivity index (χ2n) is 7.01. The lowest BCUT2D eigenvalue weighted by atomic mass is 10.1. The lowest BCUT2D eigenvalue weighted by molar-refractivity contribution is -0.116. The van der Waals surface area contributed by atoms with E-state index in [1.54, 1.807) is 23.1 Å². The van der Waals surface area contributed by atoms with E-state index in [0.29, 0.717) is 19.5 Å². The van der Waals surface area contributed by atoms with Gasteiger partial charge >= 0.3 is 0 Å². The van der Waals surface area contributed by atoms with Crippen LogP contribution in [-0.4, -0.2) is 51.4 Å². The number of hydrogen-bond donors (Lipinski definition) is 1. The van der Waals surface area contributed by atoms with Crippen LogP contribution in [0.4, 0.5) is 5.69 Å². The summed E-state index contributed by atoms with van der Waals surface area (Å²) in [7, 11) is -3.53. The third kappa shape index (κ3) is 4.04. The lowest BCUT2D eigenvalue weighted by Crippen LogP contribution is -2.44. The fraction of sp³-hybridized carbons (Fsp3) is 0.611. The summed E-state index contributed by atoms with van der Waals surface area (Å²) in [6, 6.07) is 5.23. The zero-order valence-electron chi connectivity index (χ0n) is 15.0. The molecule has 0 aliphatic carbocycles. The molecular formula is C18H27N3O3S. The number of rotatable bonds is 5. The van der Waals surface area contributed by atoms with Crippen molar-refractivity contribution in [2.45, 2.75) is 50.5 Å². The molecular weight excluding hydrogens is 338 g/mol. The predicted molar refractivity (Wildman–Crippen MR) is 98.2 cm³/mol. The number of carbonyl (C=O) groups excluding carboxylic acids is 1. The third-order valence-electron chi connectivity index (χ3n) is 5.22. The Morgan fingerprint density at radius 3 is 2.60 bits per heavy atom. The Bertz CT molecular complexity index is 742. The topological polar surface area (TPSA) is 69.7 Å². The van der Waals surface area contributed by atoms with Gasteiger partial charge in [-0.25, -0.2) is 13.1 Å². The van der Waals surface area contributed by atoms with Crippen LogP contribution in [0.1, 0.15) is 38.7 Å². The van der Waals surface area contributed by atoms with Crippen LogP contribution >= 0.6 is 0 Å². The van der Waals surface area contributed by atoms with Crippen molar-refractivity contribution >= 4 is 21.6 Å². The molecule has 2 aliphatic rings. The van der Waals surface area contributed by atoms with E-state index in [1.807, 2.05) is 0 Å². The van der Waals surface area contributed by atoms with Gasteiger partial charge in [-0.2, -0.15) is 0 Å². The summed E-state index contributed by atoms with van der Waals surface area (Å²) in [5, 5.41) is 0. The van der Waals surface area contributed by atoms with E-state index in [-0.39, 0.29) is 16.8 Å². The summed E-state index contributed by atoms with van der Waals surface area (Å²) in [5.74, 6) is -0.0113. The number of sulfonamides is 1. The minimum atomic E-state index is -3.53. The maximum absolute atomic E-state index is 12.6. The molecule has 1 aromatic rings.